The molecule has 0 unspecified atom stereocenters. The van der Waals surface area contributed by atoms with Crippen LogP contribution >= 0.6 is 0 Å². The average Bonchev–Trinajstić information content (AvgIpc) is 3.19. The van der Waals surface area contributed by atoms with Crippen molar-refractivity contribution < 1.29 is 0 Å². The molecule has 1 aromatic carbocycles. The molecule has 0 atom stereocenters. The molecule has 2 aromatic heterocycles. The molecule has 1 N–H and O–H groups in total. The molecule has 18 heavy (non-hydrogen) atoms. The van der Waals surface area contributed by atoms with E-state index in [9.17, 15) is 0 Å². The van der Waals surface area contributed by atoms with Crippen molar-refractivity contribution in [3.63, 3.8) is 0 Å². The maximum absolute atomic E-state index is 4.41. The molecule has 4 rings (SSSR count). The van der Waals surface area contributed by atoms with Crippen LogP contribution in [-0.2, 0) is 0 Å². The summed E-state index contributed by atoms with van der Waals surface area (Å²) < 4.78 is 0. The van der Waals surface area contributed by atoms with Gasteiger partial charge in [0.1, 0.15) is 0 Å². The summed E-state index contributed by atoms with van der Waals surface area (Å²) in [5.41, 5.74) is 3.24. The third-order valence-electron chi connectivity index (χ3n) is 3.30. The van der Waals surface area contributed by atoms with Crippen molar-refractivity contribution in [2.24, 2.45) is 0 Å². The number of rotatable bonds is 2. The van der Waals surface area contributed by atoms with Gasteiger partial charge in [-0.3, -0.25) is 5.10 Å². The zero-order valence-electron chi connectivity index (χ0n) is 9.67. The van der Waals surface area contributed by atoms with Gasteiger partial charge in [-0.25, -0.2) is 4.98 Å². The van der Waals surface area contributed by atoms with E-state index in [0.717, 1.165) is 11.1 Å². The molecule has 5 heteroatoms. The van der Waals surface area contributed by atoms with E-state index in [1.165, 1.54) is 23.9 Å². The fourth-order valence-electron chi connectivity index (χ4n) is 2.22. The van der Waals surface area contributed by atoms with E-state index in [1.807, 2.05) is 12.1 Å². The number of nitrogens with zero attached hydrogens (tertiary/aromatic N) is 4. The van der Waals surface area contributed by atoms with Crippen LogP contribution in [0.15, 0.2) is 30.6 Å². The molecule has 1 aliphatic carbocycles. The van der Waals surface area contributed by atoms with Crippen molar-refractivity contribution in [2.75, 3.05) is 0 Å². The van der Waals surface area contributed by atoms with Gasteiger partial charge in [0.15, 0.2) is 5.82 Å². The Morgan fingerprint density at radius 2 is 2.11 bits per heavy atom. The number of benzene rings is 1. The number of aromatic amines is 1. The van der Waals surface area contributed by atoms with Crippen molar-refractivity contribution in [3.05, 3.63) is 36.3 Å². The van der Waals surface area contributed by atoms with Crippen molar-refractivity contribution in [1.29, 1.82) is 0 Å². The van der Waals surface area contributed by atoms with E-state index >= 15 is 0 Å². The van der Waals surface area contributed by atoms with Gasteiger partial charge >= 0.3 is 0 Å². The Morgan fingerprint density at radius 1 is 1.17 bits per heavy atom. The van der Waals surface area contributed by atoms with Crippen molar-refractivity contribution >= 4 is 10.9 Å². The zero-order valence-corrected chi connectivity index (χ0v) is 9.67. The molecule has 1 aliphatic rings. The maximum Gasteiger partial charge on any atom is 0.181 e. The standard InChI is InChI=1S/C13H11N5/c1-2-8(1)12-10-7-9(3-4-11(10)16-17-12)13-14-5-6-15-18-13/h3-8H,1-2H2,(H,16,17). The lowest BCUT2D eigenvalue weighted by Crippen LogP contribution is -1.90. The van der Waals surface area contributed by atoms with E-state index < -0.39 is 0 Å². The maximum atomic E-state index is 4.41. The molecule has 0 bridgehead atoms. The van der Waals surface area contributed by atoms with E-state index in [0.29, 0.717) is 11.7 Å². The van der Waals surface area contributed by atoms with Gasteiger partial charge in [-0.2, -0.15) is 10.2 Å². The Morgan fingerprint density at radius 3 is 2.89 bits per heavy atom. The quantitative estimate of drug-likeness (QED) is 0.742. The topological polar surface area (TPSA) is 67.3 Å². The van der Waals surface area contributed by atoms with Crippen molar-refractivity contribution in [2.45, 2.75) is 18.8 Å². The van der Waals surface area contributed by atoms with Crippen LogP contribution in [0.1, 0.15) is 24.5 Å². The number of nitrogens with one attached hydrogen (secondary N) is 1. The average molecular weight is 237 g/mol. The van der Waals surface area contributed by atoms with Gasteiger partial charge in [0.25, 0.3) is 0 Å². The highest BCUT2D eigenvalue weighted by Gasteiger charge is 2.28. The Balaban J connectivity index is 1.90. The first kappa shape index (κ1) is 9.70. The normalized spacial score (nSPS) is 15.1. The minimum atomic E-state index is 0.629. The fourth-order valence-corrected chi connectivity index (χ4v) is 2.22. The lowest BCUT2D eigenvalue weighted by molar-refractivity contribution is 0.977. The summed E-state index contributed by atoms with van der Waals surface area (Å²) in [5.74, 6) is 1.28. The number of H-pyrrole nitrogens is 1. The summed E-state index contributed by atoms with van der Waals surface area (Å²) in [5, 5.41) is 16.6. The minimum absolute atomic E-state index is 0.629. The van der Waals surface area contributed by atoms with Crippen LogP contribution in [0.2, 0.25) is 0 Å². The van der Waals surface area contributed by atoms with Crippen LogP contribution in [0.3, 0.4) is 0 Å². The highest BCUT2D eigenvalue weighted by Crippen LogP contribution is 2.42. The molecule has 5 nitrogen and oxygen atoms in total. The predicted molar refractivity (Wildman–Crippen MR) is 66.9 cm³/mol. The fraction of sp³-hybridized carbons (Fsp3) is 0.231. The molecular weight excluding hydrogens is 226 g/mol. The summed E-state index contributed by atoms with van der Waals surface area (Å²) >= 11 is 0. The molecule has 88 valence electrons. The van der Waals surface area contributed by atoms with Crippen LogP contribution in [-0.4, -0.2) is 25.4 Å². The molecule has 1 fully saturated rings. The van der Waals surface area contributed by atoms with Crippen LogP contribution in [0.5, 0.6) is 0 Å². The van der Waals surface area contributed by atoms with Gasteiger partial charge in [-0.15, -0.1) is 5.10 Å². The second-order valence-electron chi connectivity index (χ2n) is 4.61. The van der Waals surface area contributed by atoms with Gasteiger partial charge in [0.05, 0.1) is 17.4 Å². The van der Waals surface area contributed by atoms with E-state index in [1.54, 1.807) is 12.4 Å². The van der Waals surface area contributed by atoms with Crippen LogP contribution < -0.4 is 0 Å². The second kappa shape index (κ2) is 3.60. The summed E-state index contributed by atoms with van der Waals surface area (Å²) in [4.78, 5) is 4.23. The Bertz CT molecular complexity index is 700. The third-order valence-corrected chi connectivity index (χ3v) is 3.30. The second-order valence-corrected chi connectivity index (χ2v) is 4.61. The molecular formula is C13H11N5. The zero-order chi connectivity index (χ0) is 11.9. The highest BCUT2D eigenvalue weighted by molar-refractivity contribution is 5.86. The van der Waals surface area contributed by atoms with Crippen molar-refractivity contribution in [3.8, 4) is 11.4 Å². The number of hydrogen-bond donors (Lipinski definition) is 1. The lowest BCUT2D eigenvalue weighted by Gasteiger charge is -1.99. The summed E-state index contributed by atoms with van der Waals surface area (Å²) in [6.07, 6.45) is 5.72. The van der Waals surface area contributed by atoms with E-state index in [4.69, 9.17) is 0 Å². The summed E-state index contributed by atoms with van der Waals surface area (Å²) in [7, 11) is 0. The Labute approximate surface area is 103 Å². The number of fused-ring (bicyclic) bond motifs is 1. The number of aromatic nitrogens is 5. The molecule has 0 amide bonds. The largest absolute Gasteiger partial charge is 0.278 e. The Hall–Kier alpha value is -2.30. The Kier molecular flexibility index (Phi) is 1.94. The van der Waals surface area contributed by atoms with Gasteiger partial charge in [-0.05, 0) is 31.0 Å². The predicted octanol–water partition coefficient (Wildman–Crippen LogP) is 2.29. The first-order valence-electron chi connectivity index (χ1n) is 6.04. The van der Waals surface area contributed by atoms with Gasteiger partial charge in [-0.1, -0.05) is 0 Å². The highest BCUT2D eigenvalue weighted by atomic mass is 15.1. The first-order valence-corrected chi connectivity index (χ1v) is 6.04. The molecule has 2 heterocycles. The van der Waals surface area contributed by atoms with Crippen LogP contribution in [0.25, 0.3) is 22.3 Å². The molecule has 0 spiro atoms. The van der Waals surface area contributed by atoms with Gasteiger partial charge < -0.3 is 0 Å². The SMILES string of the molecule is c1cnc(-c2ccc3[nH]nc(C4CC4)c3c2)nn1. The van der Waals surface area contributed by atoms with E-state index in [-0.39, 0.29) is 0 Å². The number of hydrogen-bond acceptors (Lipinski definition) is 4. The minimum Gasteiger partial charge on any atom is -0.278 e. The van der Waals surface area contributed by atoms with Crippen LogP contribution in [0.4, 0.5) is 0 Å². The summed E-state index contributed by atoms with van der Waals surface area (Å²) in [6.45, 7) is 0. The smallest absolute Gasteiger partial charge is 0.181 e. The molecule has 0 saturated heterocycles. The summed E-state index contributed by atoms with van der Waals surface area (Å²) in [6, 6.07) is 6.12. The molecule has 3 aromatic rings. The van der Waals surface area contributed by atoms with Gasteiger partial charge in [0.2, 0.25) is 0 Å². The molecule has 1 saturated carbocycles. The van der Waals surface area contributed by atoms with Gasteiger partial charge in [0, 0.05) is 23.1 Å². The molecule has 0 radical (unpaired) electrons. The first-order chi connectivity index (χ1) is 8.92. The third kappa shape index (κ3) is 1.48. The lowest BCUT2D eigenvalue weighted by atomic mass is 10.1. The monoisotopic (exact) mass is 237 g/mol. The van der Waals surface area contributed by atoms with Crippen LogP contribution in [0, 0.1) is 0 Å². The molecule has 0 aliphatic heterocycles. The van der Waals surface area contributed by atoms with E-state index in [2.05, 4.69) is 31.4 Å². The van der Waals surface area contributed by atoms with Crippen molar-refractivity contribution in [1.82, 2.24) is 25.4 Å².